The van der Waals surface area contributed by atoms with Gasteiger partial charge in [0.25, 0.3) is 0 Å². The number of rotatable bonds is 3. The Bertz CT molecular complexity index is 685. The molecule has 0 saturated carbocycles. The quantitative estimate of drug-likeness (QED) is 0.870. The fraction of sp³-hybridized carbons (Fsp3) is 0.353. The van der Waals surface area contributed by atoms with Gasteiger partial charge in [-0.25, -0.2) is 9.97 Å². The highest BCUT2D eigenvalue weighted by molar-refractivity contribution is 5.63. The maximum absolute atomic E-state index is 9.24. The van der Waals surface area contributed by atoms with Crippen LogP contribution in [0.15, 0.2) is 30.3 Å². The molecule has 0 N–H and O–H groups in total. The molecular formula is C17H18N4O. The highest BCUT2D eigenvalue weighted by atomic mass is 16.5. The summed E-state index contributed by atoms with van der Waals surface area (Å²) in [5, 5.41) is 9.24. The molecule has 0 amide bonds. The van der Waals surface area contributed by atoms with Gasteiger partial charge in [-0.1, -0.05) is 0 Å². The third-order valence-corrected chi connectivity index (χ3v) is 3.85. The fourth-order valence-corrected chi connectivity index (χ4v) is 2.64. The summed E-state index contributed by atoms with van der Waals surface area (Å²) in [7, 11) is 1.64. The Kier molecular flexibility index (Phi) is 4.19. The molecule has 1 aromatic heterocycles. The van der Waals surface area contributed by atoms with Gasteiger partial charge in [-0.15, -0.1) is 0 Å². The molecule has 3 rings (SSSR count). The lowest BCUT2D eigenvalue weighted by molar-refractivity contribution is 0.415. The molecule has 1 aliphatic heterocycles. The summed E-state index contributed by atoms with van der Waals surface area (Å²) < 4.78 is 5.18. The first-order chi connectivity index (χ1) is 10.8. The van der Waals surface area contributed by atoms with Crippen molar-refractivity contribution in [3.8, 4) is 23.1 Å². The molecule has 0 unspecified atom stereocenters. The van der Waals surface area contributed by atoms with Gasteiger partial charge in [0, 0.05) is 24.7 Å². The number of hydrogen-bond acceptors (Lipinski definition) is 5. The number of nitrogens with zero attached hydrogens (tertiary/aromatic N) is 4. The van der Waals surface area contributed by atoms with Crippen LogP contribution >= 0.6 is 0 Å². The minimum absolute atomic E-state index is 0.404. The summed E-state index contributed by atoms with van der Waals surface area (Å²) in [4.78, 5) is 11.2. The third kappa shape index (κ3) is 3.01. The highest BCUT2D eigenvalue weighted by Gasteiger charge is 2.16. The Labute approximate surface area is 130 Å². The summed E-state index contributed by atoms with van der Waals surface area (Å²) in [6.45, 7) is 1.91. The number of anilines is 1. The first-order valence-corrected chi connectivity index (χ1v) is 7.49. The van der Waals surface area contributed by atoms with E-state index in [2.05, 4.69) is 20.9 Å². The molecule has 1 aromatic carbocycles. The van der Waals surface area contributed by atoms with Crippen molar-refractivity contribution < 1.29 is 4.74 Å². The van der Waals surface area contributed by atoms with Crippen LogP contribution in [0, 0.1) is 11.3 Å². The van der Waals surface area contributed by atoms with Gasteiger partial charge in [-0.2, -0.15) is 5.26 Å². The molecule has 2 aromatic rings. The average Bonchev–Trinajstić information content (AvgIpc) is 2.62. The summed E-state index contributed by atoms with van der Waals surface area (Å²) in [6.07, 6.45) is 3.55. The van der Waals surface area contributed by atoms with Crippen molar-refractivity contribution in [2.24, 2.45) is 0 Å². The normalized spacial score (nSPS) is 14.5. The second-order valence-electron chi connectivity index (χ2n) is 5.33. The predicted molar refractivity (Wildman–Crippen MR) is 84.8 cm³/mol. The zero-order chi connectivity index (χ0) is 15.4. The van der Waals surface area contributed by atoms with Crippen molar-refractivity contribution in [1.29, 1.82) is 5.26 Å². The second-order valence-corrected chi connectivity index (χ2v) is 5.33. The lowest BCUT2D eigenvalue weighted by Crippen LogP contribution is -2.31. The zero-order valence-electron chi connectivity index (χ0n) is 12.6. The Hall–Kier alpha value is -2.61. The Morgan fingerprint density at radius 2 is 1.82 bits per heavy atom. The molecule has 0 radical (unpaired) electrons. The van der Waals surface area contributed by atoms with Crippen molar-refractivity contribution in [3.05, 3.63) is 36.0 Å². The van der Waals surface area contributed by atoms with E-state index in [0.717, 1.165) is 42.9 Å². The van der Waals surface area contributed by atoms with Gasteiger partial charge in [-0.05, 0) is 43.5 Å². The fourth-order valence-electron chi connectivity index (χ4n) is 2.64. The molecule has 1 aliphatic rings. The largest absolute Gasteiger partial charge is 0.497 e. The lowest BCUT2D eigenvalue weighted by atomic mass is 10.1. The highest BCUT2D eigenvalue weighted by Crippen LogP contribution is 2.24. The number of ether oxygens (including phenoxy) is 1. The first-order valence-electron chi connectivity index (χ1n) is 7.49. The molecule has 0 spiro atoms. The van der Waals surface area contributed by atoms with Crippen molar-refractivity contribution in [1.82, 2.24) is 9.97 Å². The van der Waals surface area contributed by atoms with Crippen LogP contribution in [0.4, 0.5) is 5.95 Å². The Balaban J connectivity index is 1.97. The van der Waals surface area contributed by atoms with Gasteiger partial charge in [-0.3, -0.25) is 0 Å². The molecule has 1 saturated heterocycles. The average molecular weight is 294 g/mol. The van der Waals surface area contributed by atoms with Crippen LogP contribution in [0.1, 0.15) is 25.0 Å². The van der Waals surface area contributed by atoms with Gasteiger partial charge in [0.2, 0.25) is 5.95 Å². The van der Waals surface area contributed by atoms with Crippen molar-refractivity contribution >= 4 is 5.95 Å². The first kappa shape index (κ1) is 14.3. The van der Waals surface area contributed by atoms with Crippen LogP contribution in [-0.2, 0) is 0 Å². The van der Waals surface area contributed by atoms with E-state index >= 15 is 0 Å². The molecule has 5 heteroatoms. The van der Waals surface area contributed by atoms with Crippen LogP contribution in [-0.4, -0.2) is 30.2 Å². The molecule has 0 bridgehead atoms. The predicted octanol–water partition coefficient (Wildman–Crippen LogP) is 3.01. The molecule has 112 valence electrons. The monoisotopic (exact) mass is 294 g/mol. The van der Waals surface area contributed by atoms with E-state index in [-0.39, 0.29) is 0 Å². The van der Waals surface area contributed by atoms with Crippen LogP contribution < -0.4 is 9.64 Å². The Morgan fingerprint density at radius 3 is 2.45 bits per heavy atom. The topological polar surface area (TPSA) is 62.0 Å². The summed E-state index contributed by atoms with van der Waals surface area (Å²) in [5.74, 6) is 1.46. The van der Waals surface area contributed by atoms with Crippen LogP contribution in [0.25, 0.3) is 11.3 Å². The van der Waals surface area contributed by atoms with Crippen molar-refractivity contribution in [2.45, 2.75) is 19.3 Å². The lowest BCUT2D eigenvalue weighted by Gasteiger charge is -2.26. The number of aromatic nitrogens is 2. The van der Waals surface area contributed by atoms with Crippen LogP contribution in [0.3, 0.4) is 0 Å². The van der Waals surface area contributed by atoms with Crippen LogP contribution in [0.5, 0.6) is 5.75 Å². The summed E-state index contributed by atoms with van der Waals surface area (Å²) in [5.41, 5.74) is 2.13. The molecule has 2 heterocycles. The van der Waals surface area contributed by atoms with Gasteiger partial charge >= 0.3 is 0 Å². The molecule has 22 heavy (non-hydrogen) atoms. The number of benzene rings is 1. The van der Waals surface area contributed by atoms with Gasteiger partial charge in [0.05, 0.1) is 12.8 Å². The van der Waals surface area contributed by atoms with E-state index in [1.54, 1.807) is 13.2 Å². The van der Waals surface area contributed by atoms with Crippen molar-refractivity contribution in [3.63, 3.8) is 0 Å². The SMILES string of the molecule is COc1ccc(-c2cc(C#N)nc(N3CCCCC3)n2)cc1. The maximum atomic E-state index is 9.24. The van der Waals surface area contributed by atoms with E-state index in [0.29, 0.717) is 11.6 Å². The number of nitriles is 1. The second kappa shape index (κ2) is 6.44. The van der Waals surface area contributed by atoms with Crippen LogP contribution in [0.2, 0.25) is 0 Å². The third-order valence-electron chi connectivity index (χ3n) is 3.85. The number of hydrogen-bond donors (Lipinski definition) is 0. The summed E-state index contributed by atoms with van der Waals surface area (Å²) >= 11 is 0. The van der Waals surface area contributed by atoms with E-state index in [1.165, 1.54) is 6.42 Å². The molecular weight excluding hydrogens is 276 g/mol. The molecule has 1 fully saturated rings. The zero-order valence-corrected chi connectivity index (χ0v) is 12.6. The minimum Gasteiger partial charge on any atom is -0.497 e. The minimum atomic E-state index is 0.404. The van der Waals surface area contributed by atoms with E-state index < -0.39 is 0 Å². The Morgan fingerprint density at radius 1 is 1.09 bits per heavy atom. The molecule has 0 atom stereocenters. The van der Waals surface area contributed by atoms with Gasteiger partial charge in [0.15, 0.2) is 0 Å². The van der Waals surface area contributed by atoms with Gasteiger partial charge < -0.3 is 9.64 Å². The standard InChI is InChI=1S/C17H18N4O/c1-22-15-7-5-13(6-8-15)16-11-14(12-18)19-17(20-16)21-9-3-2-4-10-21/h5-8,11H,2-4,9-10H2,1H3. The van der Waals surface area contributed by atoms with Gasteiger partial charge in [0.1, 0.15) is 17.5 Å². The smallest absolute Gasteiger partial charge is 0.227 e. The van der Waals surface area contributed by atoms with E-state index in [9.17, 15) is 5.26 Å². The van der Waals surface area contributed by atoms with Crippen molar-refractivity contribution in [2.75, 3.05) is 25.1 Å². The van der Waals surface area contributed by atoms with E-state index in [4.69, 9.17) is 4.74 Å². The van der Waals surface area contributed by atoms with E-state index in [1.807, 2.05) is 24.3 Å². The maximum Gasteiger partial charge on any atom is 0.227 e. The number of piperidine rings is 1. The number of methoxy groups -OCH3 is 1. The molecule has 0 aliphatic carbocycles. The summed E-state index contributed by atoms with van der Waals surface area (Å²) in [6, 6.07) is 11.5. The molecule has 5 nitrogen and oxygen atoms in total.